The Morgan fingerprint density at radius 3 is 1.12 bits per heavy atom. The zero-order valence-electron chi connectivity index (χ0n) is 31.7. The van der Waals surface area contributed by atoms with E-state index in [0.29, 0.717) is 11.1 Å². The fourth-order valence-corrected chi connectivity index (χ4v) is 11.2. The lowest BCUT2D eigenvalue weighted by Crippen LogP contribution is -2.31. The Kier molecular flexibility index (Phi) is 14.4. The second-order valence-corrected chi connectivity index (χ2v) is 17.5. The highest BCUT2D eigenvalue weighted by molar-refractivity contribution is 5.24. The van der Waals surface area contributed by atoms with Gasteiger partial charge in [0.1, 0.15) is 0 Å². The minimum absolute atomic E-state index is 0.166. The average molecular weight is 711 g/mol. The van der Waals surface area contributed by atoms with Gasteiger partial charge < -0.3 is 4.74 Å². The van der Waals surface area contributed by atoms with Crippen molar-refractivity contribution in [3.63, 3.8) is 0 Å². The highest BCUT2D eigenvalue weighted by atomic mass is 19.2. The molecule has 0 N–H and O–H groups in total. The molecule has 2 aromatic carbocycles. The van der Waals surface area contributed by atoms with Crippen molar-refractivity contribution in [1.82, 2.24) is 0 Å². The van der Waals surface area contributed by atoms with Crippen LogP contribution in [0.1, 0.15) is 178 Å². The largest absolute Gasteiger partial charge is 0.365 e. The van der Waals surface area contributed by atoms with E-state index in [1.165, 1.54) is 114 Å². The van der Waals surface area contributed by atoms with Gasteiger partial charge in [0.05, 0.1) is 12.2 Å². The lowest BCUT2D eigenvalue weighted by Gasteiger charge is -2.43. The number of rotatable bonds is 14. The van der Waals surface area contributed by atoms with Crippen LogP contribution in [0, 0.1) is 70.6 Å². The number of ether oxygens (including phenoxy) is 1. The van der Waals surface area contributed by atoms with E-state index in [2.05, 4.69) is 13.8 Å². The van der Waals surface area contributed by atoms with Crippen LogP contribution in [0.15, 0.2) is 36.4 Å². The van der Waals surface area contributed by atoms with Gasteiger partial charge in [-0.05, 0) is 160 Å². The molecule has 0 aromatic heterocycles. The molecular formula is C46H66F4O. The predicted molar refractivity (Wildman–Crippen MR) is 200 cm³/mol. The van der Waals surface area contributed by atoms with Crippen LogP contribution in [-0.2, 0) is 4.74 Å². The monoisotopic (exact) mass is 711 g/mol. The van der Waals surface area contributed by atoms with E-state index in [1.807, 2.05) is 0 Å². The molecule has 1 nitrogen and oxygen atoms in total. The van der Waals surface area contributed by atoms with Crippen LogP contribution >= 0.6 is 0 Å². The Morgan fingerprint density at radius 1 is 0.471 bits per heavy atom. The molecule has 2 aromatic rings. The van der Waals surface area contributed by atoms with Gasteiger partial charge in [0, 0.05) is 0 Å². The van der Waals surface area contributed by atoms with Gasteiger partial charge in [0.15, 0.2) is 23.3 Å². The number of benzene rings is 2. The second-order valence-electron chi connectivity index (χ2n) is 17.5. The smallest absolute Gasteiger partial charge is 0.159 e. The van der Waals surface area contributed by atoms with E-state index >= 15 is 0 Å². The van der Waals surface area contributed by atoms with Crippen molar-refractivity contribution in [2.45, 2.75) is 167 Å². The molecule has 0 radical (unpaired) electrons. The van der Waals surface area contributed by atoms with Gasteiger partial charge in [-0.2, -0.15) is 0 Å². The Bertz CT molecular complexity index is 1230. The highest BCUT2D eigenvalue weighted by Gasteiger charge is 2.39. The minimum atomic E-state index is -0.857. The van der Waals surface area contributed by atoms with Crippen molar-refractivity contribution < 1.29 is 22.3 Å². The molecule has 51 heavy (non-hydrogen) atoms. The first kappa shape index (κ1) is 38.8. The molecule has 4 aliphatic carbocycles. The zero-order valence-corrected chi connectivity index (χ0v) is 31.7. The molecule has 284 valence electrons. The van der Waals surface area contributed by atoms with Crippen LogP contribution in [0.25, 0.3) is 0 Å². The summed E-state index contributed by atoms with van der Waals surface area (Å²) >= 11 is 0. The molecule has 0 aliphatic heterocycles. The maximum absolute atomic E-state index is 14.8. The van der Waals surface area contributed by atoms with E-state index in [9.17, 15) is 17.6 Å². The minimum Gasteiger partial charge on any atom is -0.365 e. The van der Waals surface area contributed by atoms with Gasteiger partial charge >= 0.3 is 0 Å². The molecule has 0 saturated heterocycles. The third-order valence-electron chi connectivity index (χ3n) is 14.4. The summed E-state index contributed by atoms with van der Waals surface area (Å²) in [6.45, 7) is 4.57. The maximum Gasteiger partial charge on any atom is 0.159 e. The summed E-state index contributed by atoms with van der Waals surface area (Å²) in [4.78, 5) is 0. The van der Waals surface area contributed by atoms with Crippen molar-refractivity contribution in [2.24, 2.45) is 47.3 Å². The van der Waals surface area contributed by atoms with Gasteiger partial charge in [0.25, 0.3) is 0 Å². The van der Waals surface area contributed by atoms with Crippen LogP contribution in [0.5, 0.6) is 0 Å². The number of halogens is 4. The topological polar surface area (TPSA) is 9.23 Å². The van der Waals surface area contributed by atoms with Gasteiger partial charge in [-0.15, -0.1) is 0 Å². The molecule has 5 heteroatoms. The molecule has 0 heterocycles. The molecule has 4 aliphatic rings. The first-order valence-corrected chi connectivity index (χ1v) is 21.4. The van der Waals surface area contributed by atoms with Gasteiger partial charge in [-0.3, -0.25) is 0 Å². The molecule has 4 saturated carbocycles. The van der Waals surface area contributed by atoms with Gasteiger partial charge in [-0.25, -0.2) is 17.6 Å². The lowest BCUT2D eigenvalue weighted by atomic mass is 9.67. The molecule has 0 amide bonds. The molecule has 2 unspecified atom stereocenters. The Labute approximate surface area is 307 Å². The molecule has 4 fully saturated rings. The quantitative estimate of drug-likeness (QED) is 0.177. The van der Waals surface area contributed by atoms with Gasteiger partial charge in [-0.1, -0.05) is 90.2 Å². The van der Waals surface area contributed by atoms with E-state index in [0.717, 1.165) is 86.9 Å². The standard InChI is InChI=1S/C46H66F4O/c1-3-5-7-31-9-13-33(14-10-31)35-17-21-37(22-18-35)45(39-25-27-41(47)43(49)29-39)51-46(40-26-28-42(48)44(50)30-40)38-23-19-36(20-24-38)34-15-11-32(12-16-34)8-6-4-2/h25-38,45-46H,3-24H2,1-2H3. The summed E-state index contributed by atoms with van der Waals surface area (Å²) in [5.74, 6) is 1.74. The van der Waals surface area contributed by atoms with Crippen molar-refractivity contribution in [1.29, 1.82) is 0 Å². The summed E-state index contributed by atoms with van der Waals surface area (Å²) in [7, 11) is 0. The molecule has 6 rings (SSSR count). The number of hydrogen-bond acceptors (Lipinski definition) is 1. The highest BCUT2D eigenvalue weighted by Crippen LogP contribution is 2.50. The zero-order chi connectivity index (χ0) is 35.7. The third kappa shape index (κ3) is 10.2. The van der Waals surface area contributed by atoms with Crippen LogP contribution in [0.4, 0.5) is 17.6 Å². The Balaban J connectivity index is 1.15. The van der Waals surface area contributed by atoms with Gasteiger partial charge in [0.2, 0.25) is 0 Å². The normalized spacial score (nSPS) is 31.6. The summed E-state index contributed by atoms with van der Waals surface area (Å²) < 4.78 is 65.3. The summed E-state index contributed by atoms with van der Waals surface area (Å²) in [6, 6.07) is 8.45. The first-order valence-electron chi connectivity index (χ1n) is 21.4. The fraction of sp³-hybridized carbons (Fsp3) is 0.739. The summed E-state index contributed by atoms with van der Waals surface area (Å²) in [5, 5.41) is 0. The molecule has 2 atom stereocenters. The SMILES string of the molecule is CCCCC1CCC(C2CCC(C(OC(c3ccc(F)c(F)c3)C3CCC(C4CCC(CCCC)CC4)CC3)c3ccc(F)c(F)c3)CC2)CC1. The molecule has 0 spiro atoms. The number of unbranched alkanes of at least 4 members (excludes halogenated alkanes) is 2. The maximum atomic E-state index is 14.8. The van der Waals surface area contributed by atoms with E-state index in [-0.39, 0.29) is 11.8 Å². The van der Waals surface area contributed by atoms with Crippen LogP contribution < -0.4 is 0 Å². The van der Waals surface area contributed by atoms with E-state index in [1.54, 1.807) is 12.1 Å². The first-order chi connectivity index (χ1) is 24.8. The average Bonchev–Trinajstić information content (AvgIpc) is 3.17. The predicted octanol–water partition coefficient (Wildman–Crippen LogP) is 14.6. The van der Waals surface area contributed by atoms with Crippen molar-refractivity contribution >= 4 is 0 Å². The fourth-order valence-electron chi connectivity index (χ4n) is 11.2. The summed E-state index contributed by atoms with van der Waals surface area (Å²) in [5.41, 5.74) is 1.32. The lowest BCUT2D eigenvalue weighted by molar-refractivity contribution is -0.0937. The second kappa shape index (κ2) is 18.9. The Morgan fingerprint density at radius 2 is 0.804 bits per heavy atom. The van der Waals surface area contributed by atoms with Crippen LogP contribution in [-0.4, -0.2) is 0 Å². The van der Waals surface area contributed by atoms with Crippen molar-refractivity contribution in [3.8, 4) is 0 Å². The third-order valence-corrected chi connectivity index (χ3v) is 14.4. The van der Waals surface area contributed by atoms with Crippen molar-refractivity contribution in [3.05, 3.63) is 70.8 Å². The van der Waals surface area contributed by atoms with Crippen LogP contribution in [0.3, 0.4) is 0 Å². The molecule has 0 bridgehead atoms. The van der Waals surface area contributed by atoms with E-state index < -0.39 is 35.5 Å². The van der Waals surface area contributed by atoms with E-state index in [4.69, 9.17) is 4.74 Å². The molecular weight excluding hydrogens is 644 g/mol. The summed E-state index contributed by atoms with van der Waals surface area (Å²) in [6.07, 6.45) is 26.5. The number of hydrogen-bond donors (Lipinski definition) is 0. The Hall–Kier alpha value is -1.88. The van der Waals surface area contributed by atoms with Crippen LogP contribution in [0.2, 0.25) is 0 Å². The van der Waals surface area contributed by atoms with Crippen molar-refractivity contribution in [2.75, 3.05) is 0 Å².